The average Bonchev–Trinajstić information content (AvgIpc) is 2.93. The van der Waals surface area contributed by atoms with E-state index < -0.39 is 15.2 Å². The van der Waals surface area contributed by atoms with Gasteiger partial charge in [-0.3, -0.25) is 4.98 Å². The molecule has 2 nitrogen and oxygen atoms in total. The summed E-state index contributed by atoms with van der Waals surface area (Å²) in [6, 6.07) is 30.4. The van der Waals surface area contributed by atoms with E-state index in [1.54, 1.807) is 0 Å². The lowest BCUT2D eigenvalue weighted by molar-refractivity contribution is 0.357. The van der Waals surface area contributed by atoms with E-state index in [2.05, 4.69) is 44.0 Å². The van der Waals surface area contributed by atoms with Crippen molar-refractivity contribution in [2.24, 2.45) is 5.92 Å². The summed E-state index contributed by atoms with van der Waals surface area (Å²) in [5.74, 6) is 0.779. The molecule has 0 bridgehead atoms. The van der Waals surface area contributed by atoms with Crippen LogP contribution >= 0.6 is 7.14 Å². The minimum absolute atomic E-state index is 0.779. The van der Waals surface area contributed by atoms with Gasteiger partial charge in [-0.2, -0.15) is 0 Å². The molecule has 190 valence electrons. The molecule has 4 aromatic rings. The van der Waals surface area contributed by atoms with Crippen LogP contribution < -0.4 is 21.1 Å². The highest BCUT2D eigenvalue weighted by molar-refractivity contribution is 7.85. The van der Waals surface area contributed by atoms with Crippen LogP contribution in [0.15, 0.2) is 97.2 Å². The molecule has 3 aromatic carbocycles. The fraction of sp³-hybridized carbons (Fsp3) is 0.303. The Morgan fingerprint density at radius 1 is 0.757 bits per heavy atom. The summed E-state index contributed by atoms with van der Waals surface area (Å²) in [4.78, 5) is 4.98. The quantitative estimate of drug-likeness (QED) is 0.192. The molecule has 0 atom stereocenters. The lowest BCUT2D eigenvalue weighted by Gasteiger charge is -2.26. The second-order valence-corrected chi connectivity index (χ2v) is 19.3. The normalized spacial score (nSPS) is 15.0. The Kier molecular flexibility index (Phi) is 7.65. The Labute approximate surface area is 223 Å². The molecule has 1 aliphatic rings. The van der Waals surface area contributed by atoms with Gasteiger partial charge in [0.1, 0.15) is 0 Å². The Balaban J connectivity index is 1.59. The van der Waals surface area contributed by atoms with Crippen molar-refractivity contribution in [3.05, 3.63) is 103 Å². The molecule has 0 unspecified atom stereocenters. The first-order valence-corrected chi connectivity index (χ1v) is 18.9. The molecule has 0 aliphatic heterocycles. The Morgan fingerprint density at radius 3 is 1.95 bits per heavy atom. The van der Waals surface area contributed by atoms with Gasteiger partial charge < -0.3 is 4.57 Å². The van der Waals surface area contributed by atoms with Crippen LogP contribution in [0.2, 0.25) is 19.6 Å². The van der Waals surface area contributed by atoms with E-state index in [4.69, 9.17) is 4.98 Å². The van der Waals surface area contributed by atoms with Crippen molar-refractivity contribution >= 4 is 36.3 Å². The molecule has 1 heterocycles. The van der Waals surface area contributed by atoms with Crippen molar-refractivity contribution in [1.82, 2.24) is 4.98 Å². The van der Waals surface area contributed by atoms with Gasteiger partial charge in [0.25, 0.3) is 0 Å². The third-order valence-electron chi connectivity index (χ3n) is 7.78. The molecule has 0 radical (unpaired) electrons. The lowest BCUT2D eigenvalue weighted by Crippen LogP contribution is -2.41. The van der Waals surface area contributed by atoms with E-state index >= 15 is 0 Å². The van der Waals surface area contributed by atoms with Crippen molar-refractivity contribution in [2.75, 3.05) is 0 Å². The lowest BCUT2D eigenvalue weighted by atomic mass is 9.85. The molecule has 0 saturated heterocycles. The maximum atomic E-state index is 14.9. The summed E-state index contributed by atoms with van der Waals surface area (Å²) in [5, 5.41) is 4.06. The van der Waals surface area contributed by atoms with Crippen LogP contribution in [0.3, 0.4) is 0 Å². The van der Waals surface area contributed by atoms with Gasteiger partial charge >= 0.3 is 0 Å². The number of pyridine rings is 1. The predicted molar refractivity (Wildman–Crippen MR) is 162 cm³/mol. The SMILES string of the molecule is C[Si](C)(C)c1cnc(-c2cccc(P(=O)(c3ccccc3)c3ccccc3)c2)cc1CC1CCCCC1. The number of aromatic nitrogens is 1. The van der Waals surface area contributed by atoms with E-state index in [1.807, 2.05) is 72.8 Å². The summed E-state index contributed by atoms with van der Waals surface area (Å²) >= 11 is 0. The third kappa shape index (κ3) is 5.59. The third-order valence-corrected chi connectivity index (χ3v) is 12.9. The summed E-state index contributed by atoms with van der Waals surface area (Å²) in [5.41, 5.74) is 3.51. The minimum atomic E-state index is -3.02. The smallest absolute Gasteiger partial charge is 0.171 e. The topological polar surface area (TPSA) is 30.0 Å². The number of rotatable bonds is 7. The molecule has 1 aromatic heterocycles. The maximum absolute atomic E-state index is 14.9. The molecule has 1 saturated carbocycles. The van der Waals surface area contributed by atoms with Gasteiger partial charge in [0.05, 0.1) is 13.8 Å². The van der Waals surface area contributed by atoms with Gasteiger partial charge in [-0.05, 0) is 35.2 Å². The molecule has 37 heavy (non-hydrogen) atoms. The zero-order chi connectivity index (χ0) is 25.9. The van der Waals surface area contributed by atoms with E-state index in [1.165, 1.54) is 42.9 Å². The molecular weight excluding hydrogens is 485 g/mol. The standard InChI is InChI=1S/C33H38NOPSi/c1-37(2,3)33-25-34-32(24-28(33)22-26-14-7-4-8-15-26)27-16-13-21-31(23-27)36(35,29-17-9-5-10-18-29)30-19-11-6-12-20-30/h5-6,9-13,16-21,23-26H,4,7-8,14-15,22H2,1-3H3. The molecule has 5 rings (SSSR count). The minimum Gasteiger partial charge on any atom is -0.309 e. The molecule has 4 heteroatoms. The van der Waals surface area contributed by atoms with Gasteiger partial charge in [-0.1, -0.05) is 131 Å². The van der Waals surface area contributed by atoms with Gasteiger partial charge in [-0.15, -0.1) is 0 Å². The summed E-state index contributed by atoms with van der Waals surface area (Å²) < 4.78 is 14.9. The van der Waals surface area contributed by atoms with Crippen molar-refractivity contribution < 1.29 is 4.57 Å². The van der Waals surface area contributed by atoms with Crippen molar-refractivity contribution in [2.45, 2.75) is 58.2 Å². The number of hydrogen-bond donors (Lipinski definition) is 0. The fourth-order valence-corrected chi connectivity index (χ4v) is 10.1. The molecular formula is C33H38NOPSi. The first-order valence-electron chi connectivity index (χ1n) is 13.7. The first kappa shape index (κ1) is 25.9. The maximum Gasteiger partial charge on any atom is 0.171 e. The van der Waals surface area contributed by atoms with Crippen LogP contribution in [-0.2, 0) is 11.0 Å². The fourth-order valence-electron chi connectivity index (χ4n) is 5.79. The van der Waals surface area contributed by atoms with Crippen LogP contribution in [0.1, 0.15) is 37.7 Å². The monoisotopic (exact) mass is 523 g/mol. The van der Waals surface area contributed by atoms with Gasteiger partial charge in [0.15, 0.2) is 7.14 Å². The first-order chi connectivity index (χ1) is 17.9. The van der Waals surface area contributed by atoms with Gasteiger partial charge in [-0.25, -0.2) is 0 Å². The highest BCUT2D eigenvalue weighted by Crippen LogP contribution is 2.43. The Hall–Kier alpha value is -2.74. The van der Waals surface area contributed by atoms with Crippen LogP contribution in [-0.4, -0.2) is 13.1 Å². The number of hydrogen-bond acceptors (Lipinski definition) is 2. The number of nitrogens with zero attached hydrogens (tertiary/aromatic N) is 1. The molecule has 1 aliphatic carbocycles. The van der Waals surface area contributed by atoms with Gasteiger partial charge in [0, 0.05) is 27.7 Å². The van der Waals surface area contributed by atoms with Crippen LogP contribution in [0.4, 0.5) is 0 Å². The Morgan fingerprint density at radius 2 is 1.35 bits per heavy atom. The zero-order valence-corrected chi connectivity index (χ0v) is 24.3. The van der Waals surface area contributed by atoms with E-state index in [0.29, 0.717) is 0 Å². The van der Waals surface area contributed by atoms with E-state index in [0.717, 1.165) is 39.5 Å². The predicted octanol–water partition coefficient (Wildman–Crippen LogP) is 7.06. The van der Waals surface area contributed by atoms with Crippen LogP contribution in [0.5, 0.6) is 0 Å². The van der Waals surface area contributed by atoms with Crippen LogP contribution in [0, 0.1) is 5.92 Å². The van der Waals surface area contributed by atoms with Gasteiger partial charge in [0.2, 0.25) is 0 Å². The number of benzene rings is 3. The second kappa shape index (κ2) is 10.9. The molecule has 0 amide bonds. The molecule has 0 N–H and O–H groups in total. The average molecular weight is 524 g/mol. The zero-order valence-electron chi connectivity index (χ0n) is 22.4. The largest absolute Gasteiger partial charge is 0.309 e. The second-order valence-electron chi connectivity index (χ2n) is 11.5. The summed E-state index contributed by atoms with van der Waals surface area (Å²) in [6.07, 6.45) is 10.1. The molecule has 0 spiro atoms. The summed E-state index contributed by atoms with van der Waals surface area (Å²) in [7, 11) is -4.54. The van der Waals surface area contributed by atoms with E-state index in [-0.39, 0.29) is 0 Å². The highest BCUT2D eigenvalue weighted by atomic mass is 31.2. The van der Waals surface area contributed by atoms with Crippen LogP contribution in [0.25, 0.3) is 11.3 Å². The van der Waals surface area contributed by atoms with E-state index in [9.17, 15) is 4.57 Å². The van der Waals surface area contributed by atoms with Crippen molar-refractivity contribution in [1.29, 1.82) is 0 Å². The highest BCUT2D eigenvalue weighted by Gasteiger charge is 2.30. The molecule has 1 fully saturated rings. The van der Waals surface area contributed by atoms with Crippen molar-refractivity contribution in [3.63, 3.8) is 0 Å². The summed E-state index contributed by atoms with van der Waals surface area (Å²) in [6.45, 7) is 7.26. The Bertz CT molecular complexity index is 1350. The van der Waals surface area contributed by atoms with Crippen molar-refractivity contribution in [3.8, 4) is 11.3 Å².